The molecule has 1 rings (SSSR count). The number of aromatic nitrogens is 1. The first-order valence-electron chi connectivity index (χ1n) is 6.02. The minimum atomic E-state index is 0.715. The number of rotatable bonds is 5. The molecule has 0 spiro atoms. The van der Waals surface area contributed by atoms with E-state index in [4.69, 9.17) is 0 Å². The van der Waals surface area contributed by atoms with Crippen molar-refractivity contribution < 1.29 is 0 Å². The Bertz CT molecular complexity index is 289. The van der Waals surface area contributed by atoms with E-state index in [0.29, 0.717) is 5.92 Å². The third-order valence-electron chi connectivity index (χ3n) is 2.57. The van der Waals surface area contributed by atoms with E-state index in [2.05, 4.69) is 44.8 Å². The number of pyridine rings is 1. The summed E-state index contributed by atoms with van der Waals surface area (Å²) in [6, 6.07) is 4.28. The number of aryl methyl sites for hydroxylation is 1. The molecule has 0 aliphatic heterocycles. The summed E-state index contributed by atoms with van der Waals surface area (Å²) in [4.78, 5) is 4.50. The zero-order chi connectivity index (χ0) is 11.3. The molecule has 0 N–H and O–H groups in total. The van der Waals surface area contributed by atoms with Gasteiger partial charge in [-0.2, -0.15) is 0 Å². The second kappa shape index (κ2) is 5.89. The lowest BCUT2D eigenvalue weighted by molar-refractivity contribution is 0.573. The summed E-state index contributed by atoms with van der Waals surface area (Å²) < 4.78 is 0. The Labute approximate surface area is 93.9 Å². The average Bonchev–Trinajstić information content (AvgIpc) is 2.15. The van der Waals surface area contributed by atoms with Gasteiger partial charge in [0, 0.05) is 11.9 Å². The topological polar surface area (TPSA) is 12.9 Å². The van der Waals surface area contributed by atoms with Crippen molar-refractivity contribution in [3.8, 4) is 0 Å². The Morgan fingerprint density at radius 3 is 2.47 bits per heavy atom. The predicted octanol–water partition coefficient (Wildman–Crippen LogP) is 3.87. The molecule has 84 valence electrons. The van der Waals surface area contributed by atoms with Gasteiger partial charge in [0.15, 0.2) is 0 Å². The second-order valence-electron chi connectivity index (χ2n) is 5.14. The van der Waals surface area contributed by atoms with Gasteiger partial charge < -0.3 is 0 Å². The maximum atomic E-state index is 4.50. The molecule has 0 unspecified atom stereocenters. The van der Waals surface area contributed by atoms with Gasteiger partial charge in [-0.15, -0.1) is 0 Å². The van der Waals surface area contributed by atoms with Crippen LogP contribution >= 0.6 is 0 Å². The fourth-order valence-corrected chi connectivity index (χ4v) is 1.75. The zero-order valence-electron chi connectivity index (χ0n) is 10.5. The number of nitrogens with zero attached hydrogens (tertiary/aromatic N) is 1. The molecule has 0 bridgehead atoms. The smallest absolute Gasteiger partial charge is 0.0435 e. The van der Waals surface area contributed by atoms with Crippen LogP contribution in [0.1, 0.15) is 45.4 Å². The van der Waals surface area contributed by atoms with Crippen LogP contribution in [-0.2, 0) is 12.8 Å². The van der Waals surface area contributed by atoms with Crippen molar-refractivity contribution >= 4 is 0 Å². The van der Waals surface area contributed by atoms with E-state index in [1.54, 1.807) is 0 Å². The van der Waals surface area contributed by atoms with Crippen LogP contribution in [0.4, 0.5) is 0 Å². The Morgan fingerprint density at radius 2 is 1.87 bits per heavy atom. The molecule has 0 aliphatic carbocycles. The van der Waals surface area contributed by atoms with Crippen LogP contribution in [0, 0.1) is 11.8 Å². The fraction of sp³-hybridized carbons (Fsp3) is 0.643. The maximum Gasteiger partial charge on any atom is 0.0435 e. The monoisotopic (exact) mass is 205 g/mol. The minimum Gasteiger partial charge on any atom is -0.261 e. The summed E-state index contributed by atoms with van der Waals surface area (Å²) in [5, 5.41) is 0. The summed E-state index contributed by atoms with van der Waals surface area (Å²) >= 11 is 0. The van der Waals surface area contributed by atoms with Crippen LogP contribution < -0.4 is 0 Å². The SMILES string of the molecule is CC(C)CCc1ncccc1CC(C)C. The third kappa shape index (κ3) is 4.46. The standard InChI is InChI=1S/C14H23N/c1-11(2)7-8-14-13(10-12(3)4)6-5-9-15-14/h5-6,9,11-12H,7-8,10H2,1-4H3. The van der Waals surface area contributed by atoms with Gasteiger partial charge in [0.05, 0.1) is 0 Å². The fourth-order valence-electron chi connectivity index (χ4n) is 1.75. The van der Waals surface area contributed by atoms with Crippen molar-refractivity contribution in [2.24, 2.45) is 11.8 Å². The van der Waals surface area contributed by atoms with Crippen LogP contribution in [0.15, 0.2) is 18.3 Å². The highest BCUT2D eigenvalue weighted by Gasteiger charge is 2.06. The van der Waals surface area contributed by atoms with Crippen molar-refractivity contribution in [2.45, 2.75) is 47.0 Å². The molecule has 1 aromatic heterocycles. The van der Waals surface area contributed by atoms with Crippen molar-refractivity contribution in [1.29, 1.82) is 0 Å². The first-order chi connectivity index (χ1) is 7.09. The number of hydrogen-bond donors (Lipinski definition) is 0. The summed E-state index contributed by atoms with van der Waals surface area (Å²) in [5.41, 5.74) is 2.74. The summed E-state index contributed by atoms with van der Waals surface area (Å²) in [5.74, 6) is 1.48. The predicted molar refractivity (Wildman–Crippen MR) is 65.9 cm³/mol. The van der Waals surface area contributed by atoms with E-state index in [-0.39, 0.29) is 0 Å². The molecule has 0 radical (unpaired) electrons. The van der Waals surface area contributed by atoms with Crippen molar-refractivity contribution in [3.05, 3.63) is 29.6 Å². The lowest BCUT2D eigenvalue weighted by Crippen LogP contribution is -2.03. The van der Waals surface area contributed by atoms with Gasteiger partial charge in [-0.1, -0.05) is 33.8 Å². The van der Waals surface area contributed by atoms with Crippen LogP contribution in [-0.4, -0.2) is 4.98 Å². The Balaban J connectivity index is 2.68. The highest BCUT2D eigenvalue weighted by Crippen LogP contribution is 2.15. The lowest BCUT2D eigenvalue weighted by Gasteiger charge is -2.11. The van der Waals surface area contributed by atoms with Crippen molar-refractivity contribution in [2.75, 3.05) is 0 Å². The summed E-state index contributed by atoms with van der Waals surface area (Å²) in [7, 11) is 0. The van der Waals surface area contributed by atoms with Crippen LogP contribution in [0.5, 0.6) is 0 Å². The van der Waals surface area contributed by atoms with E-state index in [0.717, 1.165) is 18.8 Å². The minimum absolute atomic E-state index is 0.715. The molecule has 0 fully saturated rings. The van der Waals surface area contributed by atoms with Gasteiger partial charge >= 0.3 is 0 Å². The van der Waals surface area contributed by atoms with Gasteiger partial charge in [-0.25, -0.2) is 0 Å². The lowest BCUT2D eigenvalue weighted by atomic mass is 9.97. The van der Waals surface area contributed by atoms with Gasteiger partial charge in [-0.3, -0.25) is 4.98 Å². The molecule has 0 aromatic carbocycles. The zero-order valence-corrected chi connectivity index (χ0v) is 10.5. The molecule has 0 aliphatic rings. The normalized spacial score (nSPS) is 11.3. The van der Waals surface area contributed by atoms with Gasteiger partial charge in [-0.05, 0) is 42.7 Å². The van der Waals surface area contributed by atoms with Crippen LogP contribution in [0.3, 0.4) is 0 Å². The first-order valence-corrected chi connectivity index (χ1v) is 6.02. The molecular formula is C14H23N. The summed E-state index contributed by atoms with van der Waals surface area (Å²) in [6.07, 6.45) is 5.43. The summed E-state index contributed by atoms with van der Waals surface area (Å²) in [6.45, 7) is 9.06. The van der Waals surface area contributed by atoms with Gasteiger partial charge in [0.1, 0.15) is 0 Å². The van der Waals surface area contributed by atoms with E-state index in [1.807, 2.05) is 6.20 Å². The van der Waals surface area contributed by atoms with Crippen LogP contribution in [0.25, 0.3) is 0 Å². The Hall–Kier alpha value is -0.850. The van der Waals surface area contributed by atoms with Gasteiger partial charge in [0.25, 0.3) is 0 Å². The molecule has 1 aromatic rings. The third-order valence-corrected chi connectivity index (χ3v) is 2.57. The quantitative estimate of drug-likeness (QED) is 0.711. The Morgan fingerprint density at radius 1 is 1.13 bits per heavy atom. The molecule has 0 amide bonds. The average molecular weight is 205 g/mol. The van der Waals surface area contributed by atoms with Gasteiger partial charge in [0.2, 0.25) is 0 Å². The molecule has 0 atom stereocenters. The molecule has 15 heavy (non-hydrogen) atoms. The van der Waals surface area contributed by atoms with Crippen molar-refractivity contribution in [1.82, 2.24) is 4.98 Å². The highest BCUT2D eigenvalue weighted by molar-refractivity contribution is 5.20. The molecule has 1 heterocycles. The van der Waals surface area contributed by atoms with Crippen molar-refractivity contribution in [3.63, 3.8) is 0 Å². The van der Waals surface area contributed by atoms with E-state index in [9.17, 15) is 0 Å². The number of hydrogen-bond acceptors (Lipinski definition) is 1. The maximum absolute atomic E-state index is 4.50. The molecule has 0 saturated carbocycles. The molecular weight excluding hydrogens is 182 g/mol. The first kappa shape index (κ1) is 12.2. The molecule has 1 nitrogen and oxygen atoms in total. The molecule has 0 saturated heterocycles. The van der Waals surface area contributed by atoms with Crippen LogP contribution in [0.2, 0.25) is 0 Å². The highest BCUT2D eigenvalue weighted by atomic mass is 14.7. The van der Waals surface area contributed by atoms with E-state index < -0.39 is 0 Å². The largest absolute Gasteiger partial charge is 0.261 e. The Kier molecular flexibility index (Phi) is 4.80. The van der Waals surface area contributed by atoms with E-state index in [1.165, 1.54) is 17.7 Å². The molecule has 1 heteroatoms. The van der Waals surface area contributed by atoms with E-state index >= 15 is 0 Å². The second-order valence-corrected chi connectivity index (χ2v) is 5.14.